The van der Waals surface area contributed by atoms with Gasteiger partial charge in [-0.3, -0.25) is 10.1 Å². The fraction of sp³-hybridized carbons (Fsp3) is 0.500. The number of hydrogen-bond acceptors (Lipinski definition) is 2. The highest BCUT2D eigenvalue weighted by molar-refractivity contribution is 5.21. The minimum absolute atomic E-state index is 0.0774. The van der Waals surface area contributed by atoms with Gasteiger partial charge in [-0.15, -0.1) is 0 Å². The van der Waals surface area contributed by atoms with Gasteiger partial charge in [-0.2, -0.15) is 4.57 Å². The van der Waals surface area contributed by atoms with Gasteiger partial charge < -0.3 is 0 Å². The second-order valence-electron chi connectivity index (χ2n) is 3.89. The van der Waals surface area contributed by atoms with E-state index in [9.17, 15) is 10.1 Å². The first kappa shape index (κ1) is 10.6. The van der Waals surface area contributed by atoms with E-state index in [-0.39, 0.29) is 16.1 Å². The van der Waals surface area contributed by atoms with Crippen molar-refractivity contribution in [1.82, 2.24) is 0 Å². The van der Waals surface area contributed by atoms with Crippen LogP contribution in [0.15, 0.2) is 24.5 Å². The first-order valence-corrected chi connectivity index (χ1v) is 4.63. The lowest BCUT2D eigenvalue weighted by atomic mass is 10.0. The van der Waals surface area contributed by atoms with E-state index < -0.39 is 0 Å². The normalized spacial score (nSPS) is 11.4. The SMILES string of the molecule is CCC(C)(C)[n+]1cccc([N+](=O)[O-])c1. The van der Waals surface area contributed by atoms with Gasteiger partial charge in [0, 0.05) is 32.4 Å². The fourth-order valence-electron chi connectivity index (χ4n) is 1.13. The summed E-state index contributed by atoms with van der Waals surface area (Å²) in [7, 11) is 0. The first-order valence-electron chi connectivity index (χ1n) is 4.63. The van der Waals surface area contributed by atoms with E-state index in [1.165, 1.54) is 6.07 Å². The molecular formula is C10H15N2O2+. The summed E-state index contributed by atoms with van der Waals surface area (Å²) in [5.41, 5.74) is 0.0560. The van der Waals surface area contributed by atoms with Gasteiger partial charge in [-0.25, -0.2) is 0 Å². The lowest BCUT2D eigenvalue weighted by Gasteiger charge is -2.16. The molecule has 0 aliphatic rings. The zero-order valence-corrected chi connectivity index (χ0v) is 8.73. The molecule has 0 saturated carbocycles. The maximum Gasteiger partial charge on any atom is 0.332 e. The zero-order valence-electron chi connectivity index (χ0n) is 8.73. The molecule has 0 N–H and O–H groups in total. The number of nitrogens with zero attached hydrogens (tertiary/aromatic N) is 2. The van der Waals surface area contributed by atoms with Crippen molar-refractivity contribution in [2.75, 3.05) is 0 Å². The molecule has 0 atom stereocenters. The average molecular weight is 195 g/mol. The largest absolute Gasteiger partial charge is 0.332 e. The molecule has 1 aromatic heterocycles. The minimum Gasteiger partial charge on any atom is -0.258 e. The molecule has 0 aliphatic carbocycles. The van der Waals surface area contributed by atoms with Crippen LogP contribution in [0.25, 0.3) is 0 Å². The number of hydrogen-bond donors (Lipinski definition) is 0. The summed E-state index contributed by atoms with van der Waals surface area (Å²) in [6.07, 6.45) is 4.36. The topological polar surface area (TPSA) is 47.0 Å². The molecule has 0 saturated heterocycles. The van der Waals surface area contributed by atoms with E-state index in [1.54, 1.807) is 12.3 Å². The highest BCUT2D eigenvalue weighted by Crippen LogP contribution is 2.13. The molecule has 76 valence electrons. The smallest absolute Gasteiger partial charge is 0.258 e. The van der Waals surface area contributed by atoms with Crippen molar-refractivity contribution in [1.29, 1.82) is 0 Å². The summed E-state index contributed by atoms with van der Waals surface area (Å²) >= 11 is 0. The van der Waals surface area contributed by atoms with E-state index in [4.69, 9.17) is 0 Å². The van der Waals surface area contributed by atoms with E-state index in [2.05, 4.69) is 20.8 Å². The molecule has 0 spiro atoms. The Labute approximate surface area is 83.3 Å². The number of nitro groups is 1. The second-order valence-corrected chi connectivity index (χ2v) is 3.89. The van der Waals surface area contributed by atoms with Crippen LogP contribution >= 0.6 is 0 Å². The Kier molecular flexibility index (Phi) is 2.84. The molecule has 14 heavy (non-hydrogen) atoms. The molecule has 0 radical (unpaired) electrons. The maximum atomic E-state index is 10.6. The first-order chi connectivity index (χ1) is 6.47. The molecule has 0 amide bonds. The second kappa shape index (κ2) is 3.74. The summed E-state index contributed by atoms with van der Waals surface area (Å²) in [6, 6.07) is 3.21. The van der Waals surface area contributed by atoms with Gasteiger partial charge in [0.05, 0.1) is 4.92 Å². The van der Waals surface area contributed by atoms with E-state index in [0.29, 0.717) is 0 Å². The molecule has 1 aromatic rings. The van der Waals surface area contributed by atoms with Crippen molar-refractivity contribution in [2.45, 2.75) is 32.7 Å². The van der Waals surface area contributed by atoms with Crippen LogP contribution in [0.3, 0.4) is 0 Å². The van der Waals surface area contributed by atoms with Gasteiger partial charge in [0.15, 0.2) is 11.7 Å². The molecule has 0 unspecified atom stereocenters. The Morgan fingerprint density at radius 3 is 2.71 bits per heavy atom. The summed E-state index contributed by atoms with van der Waals surface area (Å²) < 4.78 is 1.88. The maximum absolute atomic E-state index is 10.6. The number of aromatic nitrogens is 1. The predicted molar refractivity (Wildman–Crippen MR) is 52.9 cm³/mol. The molecule has 1 rings (SSSR count). The Hall–Kier alpha value is -1.45. The van der Waals surface area contributed by atoms with Crippen LogP contribution in [0.2, 0.25) is 0 Å². The standard InChI is InChI=1S/C10H15N2O2/c1-4-10(2,3)11-7-5-6-9(8-11)12(13)14/h5-8H,4H2,1-3H3/q+1. The van der Waals surface area contributed by atoms with E-state index in [0.717, 1.165) is 6.42 Å². The van der Waals surface area contributed by atoms with Crippen LogP contribution < -0.4 is 4.57 Å². The fourth-order valence-corrected chi connectivity index (χ4v) is 1.13. The van der Waals surface area contributed by atoms with Gasteiger partial charge in [0.2, 0.25) is 6.20 Å². The van der Waals surface area contributed by atoms with Crippen molar-refractivity contribution in [3.05, 3.63) is 34.6 Å². The van der Waals surface area contributed by atoms with Crippen LogP contribution in [-0.2, 0) is 5.54 Å². The van der Waals surface area contributed by atoms with Crippen molar-refractivity contribution in [2.24, 2.45) is 0 Å². The van der Waals surface area contributed by atoms with Crippen LogP contribution in [0, 0.1) is 10.1 Å². The number of rotatable bonds is 3. The van der Waals surface area contributed by atoms with Gasteiger partial charge in [-0.1, -0.05) is 6.92 Å². The molecule has 0 aliphatic heterocycles. The van der Waals surface area contributed by atoms with Crippen molar-refractivity contribution in [3.63, 3.8) is 0 Å². The van der Waals surface area contributed by atoms with Gasteiger partial charge in [-0.05, 0) is 0 Å². The molecule has 1 heterocycles. The van der Waals surface area contributed by atoms with Crippen LogP contribution in [0.5, 0.6) is 0 Å². The van der Waals surface area contributed by atoms with Gasteiger partial charge in [0.1, 0.15) is 0 Å². The predicted octanol–water partition coefficient (Wildman–Crippen LogP) is 2.03. The summed E-state index contributed by atoms with van der Waals surface area (Å²) in [5, 5.41) is 10.6. The lowest BCUT2D eigenvalue weighted by Crippen LogP contribution is -2.51. The molecular weight excluding hydrogens is 180 g/mol. The average Bonchev–Trinajstić information content (AvgIpc) is 2.18. The zero-order chi connectivity index (χ0) is 10.8. The third-order valence-corrected chi connectivity index (χ3v) is 2.56. The lowest BCUT2D eigenvalue weighted by molar-refractivity contribution is -0.759. The van der Waals surface area contributed by atoms with Crippen molar-refractivity contribution < 1.29 is 9.49 Å². The Morgan fingerprint density at radius 2 is 2.21 bits per heavy atom. The Morgan fingerprint density at radius 1 is 1.57 bits per heavy atom. The molecule has 4 nitrogen and oxygen atoms in total. The van der Waals surface area contributed by atoms with Gasteiger partial charge in [0.25, 0.3) is 0 Å². The van der Waals surface area contributed by atoms with Gasteiger partial charge >= 0.3 is 5.69 Å². The van der Waals surface area contributed by atoms with E-state index in [1.807, 2.05) is 10.8 Å². The molecule has 0 bridgehead atoms. The third-order valence-electron chi connectivity index (χ3n) is 2.56. The minimum atomic E-state index is -0.373. The quantitative estimate of drug-likeness (QED) is 0.421. The Balaban J connectivity index is 3.12. The van der Waals surface area contributed by atoms with E-state index >= 15 is 0 Å². The van der Waals surface area contributed by atoms with Crippen molar-refractivity contribution in [3.8, 4) is 0 Å². The molecule has 0 fully saturated rings. The third kappa shape index (κ3) is 2.07. The summed E-state index contributed by atoms with van der Waals surface area (Å²) in [5.74, 6) is 0. The number of pyridine rings is 1. The highest BCUT2D eigenvalue weighted by Gasteiger charge is 2.27. The molecule has 0 aromatic carbocycles. The van der Waals surface area contributed by atoms with Crippen molar-refractivity contribution >= 4 is 5.69 Å². The van der Waals surface area contributed by atoms with Crippen LogP contribution in [0.1, 0.15) is 27.2 Å². The van der Waals surface area contributed by atoms with Crippen LogP contribution in [-0.4, -0.2) is 4.92 Å². The summed E-state index contributed by atoms with van der Waals surface area (Å²) in [6.45, 7) is 6.17. The monoisotopic (exact) mass is 195 g/mol. The summed E-state index contributed by atoms with van der Waals surface area (Å²) in [4.78, 5) is 10.2. The highest BCUT2D eigenvalue weighted by atomic mass is 16.6. The Bertz CT molecular complexity index is 348. The molecule has 4 heteroatoms. The van der Waals surface area contributed by atoms with Crippen LogP contribution in [0.4, 0.5) is 5.69 Å².